The summed E-state index contributed by atoms with van der Waals surface area (Å²) in [6.45, 7) is -0.249. The number of pyridine rings is 1. The van der Waals surface area contributed by atoms with Gasteiger partial charge >= 0.3 is 12.4 Å². The number of aromatic hydroxyl groups is 1. The number of nitrogens with one attached hydrogen (secondary N) is 3. The zero-order valence-corrected chi connectivity index (χ0v) is 24.6. The standard InChI is InChI=1S/C35H24F7N3O3/c36-22-7-5-6-18(16-22)28(29-31(46)25-9-2-4-11-27(25)45-33(29)48)30-24(23-8-1-3-10-26(23)44-30)12-13-43-32(47)19-14-20(34(37,38)39)17-21(15-19)35(40,41)42/h1-11,14-17,28,44H,12-13H2,(H,43,47)(H2,45,46,48). The molecule has 0 aliphatic heterocycles. The van der Waals surface area contributed by atoms with Gasteiger partial charge in [0.25, 0.3) is 11.5 Å². The molecular weight excluding hydrogens is 643 g/mol. The highest BCUT2D eigenvalue weighted by Gasteiger charge is 2.37. The van der Waals surface area contributed by atoms with E-state index in [4.69, 9.17) is 0 Å². The Morgan fingerprint density at radius 2 is 1.38 bits per heavy atom. The molecule has 0 aliphatic rings. The summed E-state index contributed by atoms with van der Waals surface area (Å²) in [4.78, 5) is 32.5. The van der Waals surface area contributed by atoms with Crippen molar-refractivity contribution >= 4 is 27.7 Å². The molecule has 2 heterocycles. The van der Waals surface area contributed by atoms with E-state index < -0.39 is 52.2 Å². The normalized spacial score (nSPS) is 12.8. The maximum absolute atomic E-state index is 14.6. The highest BCUT2D eigenvalue weighted by Crippen LogP contribution is 2.41. The summed E-state index contributed by atoms with van der Waals surface area (Å²) in [5.74, 6) is -3.20. The van der Waals surface area contributed by atoms with Crippen LogP contribution in [0.25, 0.3) is 21.8 Å². The number of hydrogen-bond acceptors (Lipinski definition) is 3. The second-order valence-electron chi connectivity index (χ2n) is 11.1. The Kier molecular flexibility index (Phi) is 8.23. The molecule has 1 amide bonds. The van der Waals surface area contributed by atoms with Crippen molar-refractivity contribution in [2.45, 2.75) is 24.7 Å². The molecule has 6 rings (SSSR count). The molecule has 6 nitrogen and oxygen atoms in total. The first-order valence-electron chi connectivity index (χ1n) is 14.5. The fraction of sp³-hybridized carbons (Fsp3) is 0.143. The van der Waals surface area contributed by atoms with Gasteiger partial charge in [-0.05, 0) is 66.1 Å². The van der Waals surface area contributed by atoms with E-state index in [0.29, 0.717) is 50.8 Å². The molecule has 1 unspecified atom stereocenters. The van der Waals surface area contributed by atoms with Gasteiger partial charge < -0.3 is 20.4 Å². The summed E-state index contributed by atoms with van der Waals surface area (Å²) in [6.07, 6.45) is -10.3. The Hall–Kier alpha value is -5.59. The molecular formula is C35H24F7N3O3. The van der Waals surface area contributed by atoms with Crippen molar-refractivity contribution in [3.63, 3.8) is 0 Å². The molecule has 0 fully saturated rings. The van der Waals surface area contributed by atoms with E-state index >= 15 is 0 Å². The van der Waals surface area contributed by atoms with Crippen LogP contribution in [0.5, 0.6) is 5.75 Å². The summed E-state index contributed by atoms with van der Waals surface area (Å²) in [5.41, 5.74) is -2.72. The minimum atomic E-state index is -5.13. The highest BCUT2D eigenvalue weighted by atomic mass is 19.4. The van der Waals surface area contributed by atoms with Crippen LogP contribution in [-0.2, 0) is 18.8 Å². The smallest absolute Gasteiger partial charge is 0.416 e. The van der Waals surface area contributed by atoms with Crippen LogP contribution in [0.2, 0.25) is 0 Å². The first-order chi connectivity index (χ1) is 22.7. The third-order valence-electron chi connectivity index (χ3n) is 8.05. The number of para-hydroxylation sites is 2. The molecule has 0 bridgehead atoms. The molecule has 13 heteroatoms. The van der Waals surface area contributed by atoms with Gasteiger partial charge in [0.15, 0.2) is 0 Å². The van der Waals surface area contributed by atoms with Gasteiger partial charge in [-0.25, -0.2) is 4.39 Å². The molecule has 4 N–H and O–H groups in total. The van der Waals surface area contributed by atoms with Crippen LogP contribution >= 0.6 is 0 Å². The maximum Gasteiger partial charge on any atom is 0.416 e. The van der Waals surface area contributed by atoms with Crippen LogP contribution in [-0.4, -0.2) is 27.5 Å². The number of amides is 1. The predicted octanol–water partition coefficient (Wildman–Crippen LogP) is 8.04. The molecule has 0 spiro atoms. The van der Waals surface area contributed by atoms with Gasteiger partial charge in [-0.1, -0.05) is 42.5 Å². The monoisotopic (exact) mass is 667 g/mol. The fourth-order valence-corrected chi connectivity index (χ4v) is 5.90. The molecule has 0 aliphatic carbocycles. The number of carbonyl (C=O) groups excluding carboxylic acids is 1. The SMILES string of the molecule is O=C(NCCc1c(C(c2cccc(F)c2)c2c(O)c3ccccc3[nH]c2=O)[nH]c2ccccc12)c1cc(C(F)(F)F)cc(C(F)(F)F)c1. The van der Waals surface area contributed by atoms with Crippen LogP contribution in [0.3, 0.4) is 0 Å². The van der Waals surface area contributed by atoms with Crippen molar-refractivity contribution in [2.75, 3.05) is 6.54 Å². The highest BCUT2D eigenvalue weighted by molar-refractivity contribution is 5.95. The fourth-order valence-electron chi connectivity index (χ4n) is 5.90. The maximum atomic E-state index is 14.6. The number of aromatic nitrogens is 2. The molecule has 246 valence electrons. The predicted molar refractivity (Wildman–Crippen MR) is 164 cm³/mol. The van der Waals surface area contributed by atoms with Crippen molar-refractivity contribution in [1.82, 2.24) is 15.3 Å². The largest absolute Gasteiger partial charge is 0.507 e. The van der Waals surface area contributed by atoms with Gasteiger partial charge in [-0.3, -0.25) is 9.59 Å². The second kappa shape index (κ2) is 12.2. The number of halogens is 7. The first-order valence-corrected chi connectivity index (χ1v) is 14.5. The first kappa shape index (κ1) is 32.4. The summed E-state index contributed by atoms with van der Waals surface area (Å²) in [5, 5.41) is 14.8. The lowest BCUT2D eigenvalue weighted by atomic mass is 9.85. The third kappa shape index (κ3) is 6.23. The number of hydrogen-bond donors (Lipinski definition) is 4. The number of rotatable bonds is 7. The van der Waals surface area contributed by atoms with E-state index in [9.17, 15) is 45.4 Å². The molecule has 4 aromatic carbocycles. The molecule has 0 saturated heterocycles. The third-order valence-corrected chi connectivity index (χ3v) is 8.05. The second-order valence-corrected chi connectivity index (χ2v) is 11.1. The van der Waals surface area contributed by atoms with E-state index in [1.54, 1.807) is 54.6 Å². The van der Waals surface area contributed by atoms with Gasteiger partial charge in [0.05, 0.1) is 28.1 Å². The number of alkyl halides is 6. The Balaban J connectivity index is 1.43. The summed E-state index contributed by atoms with van der Waals surface area (Å²) in [7, 11) is 0. The minimum absolute atomic E-state index is 0.0196. The topological polar surface area (TPSA) is 98.0 Å². The van der Waals surface area contributed by atoms with E-state index in [0.717, 1.165) is 0 Å². The molecule has 2 aromatic heterocycles. The van der Waals surface area contributed by atoms with Crippen LogP contribution in [0, 0.1) is 5.82 Å². The van der Waals surface area contributed by atoms with Gasteiger partial charge in [0.1, 0.15) is 11.6 Å². The van der Waals surface area contributed by atoms with E-state index in [1.165, 1.54) is 18.2 Å². The minimum Gasteiger partial charge on any atom is -0.507 e. The number of fused-ring (bicyclic) bond motifs is 2. The molecule has 1 atom stereocenters. The number of benzene rings is 4. The number of carbonyl (C=O) groups is 1. The summed E-state index contributed by atoms with van der Waals surface area (Å²) < 4.78 is 94.9. The van der Waals surface area contributed by atoms with Crippen LogP contribution in [0.4, 0.5) is 30.7 Å². The summed E-state index contributed by atoms with van der Waals surface area (Å²) in [6, 6.07) is 19.5. The Morgan fingerprint density at radius 3 is 2.00 bits per heavy atom. The molecule has 0 saturated carbocycles. The van der Waals surface area contributed by atoms with Crippen molar-refractivity contribution < 1.29 is 40.6 Å². The van der Waals surface area contributed by atoms with Gasteiger partial charge in [-0.2, -0.15) is 26.3 Å². The van der Waals surface area contributed by atoms with Gasteiger partial charge in [0, 0.05) is 34.1 Å². The zero-order valence-electron chi connectivity index (χ0n) is 24.6. The summed E-state index contributed by atoms with van der Waals surface area (Å²) >= 11 is 0. The van der Waals surface area contributed by atoms with Crippen LogP contribution in [0.1, 0.15) is 49.8 Å². The Labute approximate surface area is 266 Å². The van der Waals surface area contributed by atoms with Crippen molar-refractivity contribution in [2.24, 2.45) is 0 Å². The molecule has 48 heavy (non-hydrogen) atoms. The van der Waals surface area contributed by atoms with Crippen molar-refractivity contribution in [3.8, 4) is 5.75 Å². The zero-order chi connectivity index (χ0) is 34.4. The lowest BCUT2D eigenvalue weighted by molar-refractivity contribution is -0.143. The van der Waals surface area contributed by atoms with E-state index in [2.05, 4.69) is 15.3 Å². The van der Waals surface area contributed by atoms with Gasteiger partial charge in [-0.15, -0.1) is 0 Å². The lowest BCUT2D eigenvalue weighted by Crippen LogP contribution is -2.27. The lowest BCUT2D eigenvalue weighted by Gasteiger charge is -2.21. The van der Waals surface area contributed by atoms with Crippen LogP contribution in [0.15, 0.2) is 95.8 Å². The average Bonchev–Trinajstić information content (AvgIpc) is 3.39. The van der Waals surface area contributed by atoms with E-state index in [-0.39, 0.29) is 30.3 Å². The number of aromatic amines is 2. The number of H-pyrrole nitrogens is 2. The quantitative estimate of drug-likeness (QED) is 0.130. The average molecular weight is 668 g/mol. The Morgan fingerprint density at radius 1 is 0.771 bits per heavy atom. The van der Waals surface area contributed by atoms with Crippen molar-refractivity contribution in [3.05, 3.63) is 146 Å². The Bertz CT molecular complexity index is 2200. The van der Waals surface area contributed by atoms with Crippen LogP contribution < -0.4 is 10.9 Å². The van der Waals surface area contributed by atoms with Crippen molar-refractivity contribution in [1.29, 1.82) is 0 Å². The molecule has 6 aromatic rings. The van der Waals surface area contributed by atoms with E-state index in [1.807, 2.05) is 0 Å². The van der Waals surface area contributed by atoms with Gasteiger partial charge in [0.2, 0.25) is 0 Å². The molecule has 0 radical (unpaired) electrons.